The lowest BCUT2D eigenvalue weighted by Crippen LogP contribution is -2.19. The smallest absolute Gasteiger partial charge is 0.0583 e. The van der Waals surface area contributed by atoms with E-state index in [0.29, 0.717) is 11.8 Å². The lowest BCUT2D eigenvalue weighted by atomic mass is 9.78. The summed E-state index contributed by atoms with van der Waals surface area (Å²) in [7, 11) is 3.56. The van der Waals surface area contributed by atoms with Crippen LogP contribution in [0, 0.1) is 12.8 Å². The second kappa shape index (κ2) is 9.00. The Hall–Kier alpha value is -1.64. The van der Waals surface area contributed by atoms with Crippen molar-refractivity contribution in [1.82, 2.24) is 0 Å². The second-order valence-corrected chi connectivity index (χ2v) is 6.77. The van der Waals surface area contributed by atoms with Gasteiger partial charge in [-0.25, -0.2) is 0 Å². The molecule has 0 spiro atoms. The SMILES string of the molecule is COCC(C)C(c1ccccc1)c1cc(C)ccc1CC(C)OC. The van der Waals surface area contributed by atoms with Crippen molar-refractivity contribution >= 4 is 0 Å². The van der Waals surface area contributed by atoms with E-state index in [4.69, 9.17) is 9.47 Å². The van der Waals surface area contributed by atoms with Gasteiger partial charge in [0, 0.05) is 26.7 Å². The van der Waals surface area contributed by atoms with Gasteiger partial charge < -0.3 is 9.47 Å². The van der Waals surface area contributed by atoms with Gasteiger partial charge in [0.15, 0.2) is 0 Å². The Morgan fingerprint density at radius 2 is 1.67 bits per heavy atom. The van der Waals surface area contributed by atoms with Crippen molar-refractivity contribution in [2.75, 3.05) is 20.8 Å². The van der Waals surface area contributed by atoms with Crippen LogP contribution >= 0.6 is 0 Å². The molecule has 130 valence electrons. The molecule has 0 bridgehead atoms. The molecule has 24 heavy (non-hydrogen) atoms. The normalized spacial score (nSPS) is 15.0. The fraction of sp³-hybridized carbons (Fsp3) is 0.455. The summed E-state index contributed by atoms with van der Waals surface area (Å²) in [6.07, 6.45) is 1.13. The number of hydrogen-bond acceptors (Lipinski definition) is 2. The van der Waals surface area contributed by atoms with Crippen molar-refractivity contribution in [3.05, 3.63) is 70.8 Å². The summed E-state index contributed by atoms with van der Waals surface area (Å²) in [5.41, 5.74) is 5.41. The molecule has 2 heteroatoms. The Kier molecular flexibility index (Phi) is 7.01. The summed E-state index contributed by atoms with van der Waals surface area (Å²) < 4.78 is 11.0. The highest BCUT2D eigenvalue weighted by atomic mass is 16.5. The first kappa shape index (κ1) is 18.7. The Labute approximate surface area is 146 Å². The maximum atomic E-state index is 5.51. The zero-order chi connectivity index (χ0) is 17.5. The summed E-state index contributed by atoms with van der Waals surface area (Å²) in [6, 6.07) is 17.6. The third kappa shape index (κ3) is 4.68. The molecule has 0 saturated heterocycles. The van der Waals surface area contributed by atoms with E-state index in [9.17, 15) is 0 Å². The Morgan fingerprint density at radius 3 is 2.29 bits per heavy atom. The summed E-state index contributed by atoms with van der Waals surface area (Å²) in [6.45, 7) is 7.30. The molecule has 0 radical (unpaired) electrons. The standard InChI is InChI=1S/C22H30O2/c1-16-11-12-20(14-18(3)24-5)21(13-16)22(17(2)15-23-4)19-9-7-6-8-10-19/h6-13,17-18,22H,14-15H2,1-5H3. The number of methoxy groups -OCH3 is 2. The summed E-state index contributed by atoms with van der Waals surface area (Å²) in [5, 5.41) is 0. The molecule has 0 N–H and O–H groups in total. The van der Waals surface area contributed by atoms with Gasteiger partial charge in [0.2, 0.25) is 0 Å². The molecule has 0 aromatic heterocycles. The van der Waals surface area contributed by atoms with Crippen LogP contribution in [0.5, 0.6) is 0 Å². The van der Waals surface area contributed by atoms with Gasteiger partial charge in [-0.05, 0) is 42.9 Å². The van der Waals surface area contributed by atoms with Gasteiger partial charge in [-0.3, -0.25) is 0 Å². The van der Waals surface area contributed by atoms with Gasteiger partial charge in [0.05, 0.1) is 6.10 Å². The Balaban J connectivity index is 2.50. The fourth-order valence-electron chi connectivity index (χ4n) is 3.42. The molecule has 0 saturated carbocycles. The number of aryl methyl sites for hydroxylation is 1. The van der Waals surface area contributed by atoms with E-state index in [1.807, 2.05) is 0 Å². The van der Waals surface area contributed by atoms with Crippen molar-refractivity contribution < 1.29 is 9.47 Å². The molecular formula is C22H30O2. The van der Waals surface area contributed by atoms with Gasteiger partial charge in [-0.1, -0.05) is 61.0 Å². The first-order valence-electron chi connectivity index (χ1n) is 8.73. The largest absolute Gasteiger partial charge is 0.384 e. The molecule has 2 rings (SSSR count). The predicted octanol–water partition coefficient (Wildman–Crippen LogP) is 4.99. The first-order chi connectivity index (χ1) is 11.6. The summed E-state index contributed by atoms with van der Waals surface area (Å²) in [5.74, 6) is 0.723. The predicted molar refractivity (Wildman–Crippen MR) is 101 cm³/mol. The monoisotopic (exact) mass is 326 g/mol. The number of hydrogen-bond donors (Lipinski definition) is 0. The van der Waals surface area contributed by atoms with E-state index >= 15 is 0 Å². The molecule has 0 heterocycles. The third-order valence-corrected chi connectivity index (χ3v) is 4.70. The zero-order valence-corrected chi connectivity index (χ0v) is 15.6. The number of ether oxygens (including phenoxy) is 2. The molecule has 3 atom stereocenters. The van der Waals surface area contributed by atoms with Gasteiger partial charge in [-0.2, -0.15) is 0 Å². The zero-order valence-electron chi connectivity index (χ0n) is 15.6. The molecule has 0 amide bonds. The molecule has 0 aliphatic heterocycles. The second-order valence-electron chi connectivity index (χ2n) is 6.77. The van der Waals surface area contributed by atoms with Gasteiger partial charge >= 0.3 is 0 Å². The highest BCUT2D eigenvalue weighted by Crippen LogP contribution is 2.35. The minimum atomic E-state index is 0.209. The average Bonchev–Trinajstić information content (AvgIpc) is 2.58. The fourth-order valence-corrected chi connectivity index (χ4v) is 3.42. The quantitative estimate of drug-likeness (QED) is 0.680. The van der Waals surface area contributed by atoms with Gasteiger partial charge in [0.1, 0.15) is 0 Å². The van der Waals surface area contributed by atoms with Crippen molar-refractivity contribution in [3.8, 4) is 0 Å². The maximum absolute atomic E-state index is 5.51. The van der Waals surface area contributed by atoms with E-state index in [2.05, 4.69) is 69.3 Å². The molecule has 0 aliphatic carbocycles. The van der Waals surface area contributed by atoms with Crippen LogP contribution in [-0.4, -0.2) is 26.9 Å². The number of benzene rings is 2. The molecule has 2 aromatic carbocycles. The lowest BCUT2D eigenvalue weighted by Gasteiger charge is -2.28. The first-order valence-corrected chi connectivity index (χ1v) is 8.73. The van der Waals surface area contributed by atoms with Crippen LogP contribution in [0.2, 0.25) is 0 Å². The molecule has 0 fully saturated rings. The lowest BCUT2D eigenvalue weighted by molar-refractivity contribution is 0.118. The van der Waals surface area contributed by atoms with E-state index in [-0.39, 0.29) is 6.10 Å². The van der Waals surface area contributed by atoms with Gasteiger partial charge in [0.25, 0.3) is 0 Å². The van der Waals surface area contributed by atoms with Crippen LogP contribution in [0.25, 0.3) is 0 Å². The molecular weight excluding hydrogens is 296 g/mol. The molecule has 2 nitrogen and oxygen atoms in total. The minimum Gasteiger partial charge on any atom is -0.384 e. The highest BCUT2D eigenvalue weighted by Gasteiger charge is 2.24. The van der Waals surface area contributed by atoms with Crippen molar-refractivity contribution in [2.24, 2.45) is 5.92 Å². The number of rotatable bonds is 8. The topological polar surface area (TPSA) is 18.5 Å². The molecule has 2 aromatic rings. The molecule has 3 unspecified atom stereocenters. The minimum absolute atomic E-state index is 0.209. The summed E-state index contributed by atoms with van der Waals surface area (Å²) in [4.78, 5) is 0. The van der Waals surface area contributed by atoms with Crippen LogP contribution in [0.15, 0.2) is 48.5 Å². The van der Waals surface area contributed by atoms with Crippen LogP contribution in [0.1, 0.15) is 42.0 Å². The van der Waals surface area contributed by atoms with Crippen LogP contribution < -0.4 is 0 Å². The Morgan fingerprint density at radius 1 is 0.958 bits per heavy atom. The van der Waals surface area contributed by atoms with E-state index < -0.39 is 0 Å². The maximum Gasteiger partial charge on any atom is 0.0583 e. The van der Waals surface area contributed by atoms with Crippen molar-refractivity contribution in [2.45, 2.75) is 39.2 Å². The summed E-state index contributed by atoms with van der Waals surface area (Å²) >= 11 is 0. The van der Waals surface area contributed by atoms with E-state index in [1.165, 1.54) is 22.3 Å². The van der Waals surface area contributed by atoms with Crippen molar-refractivity contribution in [3.63, 3.8) is 0 Å². The molecule has 0 aliphatic rings. The average molecular weight is 326 g/mol. The van der Waals surface area contributed by atoms with Crippen LogP contribution in [0.4, 0.5) is 0 Å². The Bertz CT molecular complexity index is 621. The highest BCUT2D eigenvalue weighted by molar-refractivity contribution is 5.41. The van der Waals surface area contributed by atoms with E-state index in [0.717, 1.165) is 13.0 Å². The van der Waals surface area contributed by atoms with Crippen LogP contribution in [0.3, 0.4) is 0 Å². The third-order valence-electron chi connectivity index (χ3n) is 4.70. The van der Waals surface area contributed by atoms with Crippen molar-refractivity contribution in [1.29, 1.82) is 0 Å². The van der Waals surface area contributed by atoms with E-state index in [1.54, 1.807) is 14.2 Å². The van der Waals surface area contributed by atoms with Crippen LogP contribution in [-0.2, 0) is 15.9 Å². The van der Waals surface area contributed by atoms with Gasteiger partial charge in [-0.15, -0.1) is 0 Å².